The molecule has 2 nitrogen and oxygen atoms in total. The van der Waals surface area contributed by atoms with E-state index in [9.17, 15) is 0 Å². The molecule has 1 N–H and O–H groups in total. The molecule has 0 aliphatic heterocycles. The van der Waals surface area contributed by atoms with E-state index in [2.05, 4.69) is 56.8 Å². The van der Waals surface area contributed by atoms with Crippen LogP contribution in [0.2, 0.25) is 5.02 Å². The second-order valence-corrected chi connectivity index (χ2v) is 6.62. The van der Waals surface area contributed by atoms with Gasteiger partial charge in [-0.05, 0) is 75.2 Å². The van der Waals surface area contributed by atoms with Gasteiger partial charge in [-0.3, -0.25) is 0 Å². The Morgan fingerprint density at radius 3 is 2.79 bits per heavy atom. The lowest BCUT2D eigenvalue weighted by atomic mass is 10.0. The summed E-state index contributed by atoms with van der Waals surface area (Å²) in [6.07, 6.45) is 2.75. The minimum atomic E-state index is 0.0128. The molecule has 2 aromatic rings. The number of hydrogen-bond acceptors (Lipinski definition) is 2. The summed E-state index contributed by atoms with van der Waals surface area (Å²) >= 11 is 12.0. The number of benzene rings is 1. The summed E-state index contributed by atoms with van der Waals surface area (Å²) in [6.45, 7) is 3.06. The zero-order valence-electron chi connectivity index (χ0n) is 10.4. The van der Waals surface area contributed by atoms with E-state index in [1.165, 1.54) is 0 Å². The topological polar surface area (TPSA) is 25.2 Å². The Labute approximate surface area is 140 Å². The SMILES string of the molecule is CCCNC(c1ccc(I)c(Cl)c1)c1occc1Br. The first-order valence-corrected chi connectivity index (χ1v) is 8.29. The van der Waals surface area contributed by atoms with Crippen molar-refractivity contribution in [2.24, 2.45) is 0 Å². The van der Waals surface area contributed by atoms with Crippen molar-refractivity contribution in [1.82, 2.24) is 5.32 Å². The highest BCUT2D eigenvalue weighted by Crippen LogP contribution is 2.31. The molecule has 1 heterocycles. The van der Waals surface area contributed by atoms with E-state index in [0.29, 0.717) is 0 Å². The number of furan rings is 1. The predicted octanol–water partition coefficient (Wildman–Crippen LogP) is 5.39. The molecule has 0 saturated carbocycles. The van der Waals surface area contributed by atoms with Crippen LogP contribution in [0.1, 0.15) is 30.7 Å². The summed E-state index contributed by atoms with van der Waals surface area (Å²) in [5, 5.41) is 4.26. The van der Waals surface area contributed by atoms with Crippen LogP contribution in [0.3, 0.4) is 0 Å². The van der Waals surface area contributed by atoms with E-state index in [4.69, 9.17) is 16.0 Å². The highest BCUT2D eigenvalue weighted by Gasteiger charge is 2.20. The zero-order chi connectivity index (χ0) is 13.8. The van der Waals surface area contributed by atoms with E-state index in [0.717, 1.165) is 37.4 Å². The minimum absolute atomic E-state index is 0.0128. The molecule has 2 rings (SSSR count). The van der Waals surface area contributed by atoms with Crippen molar-refractivity contribution in [3.63, 3.8) is 0 Å². The first kappa shape index (κ1) is 15.4. The fourth-order valence-corrected chi connectivity index (χ4v) is 2.81. The quantitative estimate of drug-likeness (QED) is 0.613. The van der Waals surface area contributed by atoms with Gasteiger partial charge in [0.15, 0.2) is 0 Å². The van der Waals surface area contributed by atoms with E-state index in [1.54, 1.807) is 6.26 Å². The van der Waals surface area contributed by atoms with Crippen LogP contribution in [0.5, 0.6) is 0 Å². The van der Waals surface area contributed by atoms with Crippen molar-refractivity contribution in [3.05, 3.63) is 54.9 Å². The van der Waals surface area contributed by atoms with Gasteiger partial charge in [-0.1, -0.05) is 24.6 Å². The summed E-state index contributed by atoms with van der Waals surface area (Å²) in [5.41, 5.74) is 1.11. The summed E-state index contributed by atoms with van der Waals surface area (Å²) in [7, 11) is 0. The van der Waals surface area contributed by atoms with Crippen LogP contribution in [0.15, 0.2) is 39.4 Å². The number of halogens is 3. The van der Waals surface area contributed by atoms with Crippen LogP contribution < -0.4 is 5.32 Å². The molecular weight excluding hydrogens is 440 g/mol. The van der Waals surface area contributed by atoms with Crippen molar-refractivity contribution in [1.29, 1.82) is 0 Å². The zero-order valence-corrected chi connectivity index (χ0v) is 14.9. The molecule has 0 aliphatic rings. The van der Waals surface area contributed by atoms with Gasteiger partial charge in [-0.25, -0.2) is 0 Å². The van der Waals surface area contributed by atoms with Crippen LogP contribution in [0, 0.1) is 3.57 Å². The number of nitrogens with one attached hydrogen (secondary N) is 1. The fourth-order valence-electron chi connectivity index (χ4n) is 1.85. The van der Waals surface area contributed by atoms with Gasteiger partial charge >= 0.3 is 0 Å². The van der Waals surface area contributed by atoms with Crippen LogP contribution in [0.25, 0.3) is 0 Å². The van der Waals surface area contributed by atoms with Crippen molar-refractivity contribution in [3.8, 4) is 0 Å². The Hall–Kier alpha value is -0.0400. The molecule has 102 valence electrons. The van der Waals surface area contributed by atoms with Gasteiger partial charge in [0.2, 0.25) is 0 Å². The molecule has 1 aromatic carbocycles. The van der Waals surface area contributed by atoms with E-state index in [1.807, 2.05) is 18.2 Å². The van der Waals surface area contributed by atoms with Crippen molar-refractivity contribution >= 4 is 50.1 Å². The lowest BCUT2D eigenvalue weighted by Crippen LogP contribution is -2.23. The van der Waals surface area contributed by atoms with E-state index >= 15 is 0 Å². The number of rotatable bonds is 5. The van der Waals surface area contributed by atoms with Crippen molar-refractivity contribution in [2.75, 3.05) is 6.54 Å². The molecule has 0 amide bonds. The third-order valence-electron chi connectivity index (χ3n) is 2.78. The minimum Gasteiger partial charge on any atom is -0.466 e. The van der Waals surface area contributed by atoms with Gasteiger partial charge in [0.1, 0.15) is 5.76 Å². The van der Waals surface area contributed by atoms with Gasteiger partial charge in [0, 0.05) is 3.57 Å². The second-order valence-electron chi connectivity index (χ2n) is 4.19. The Morgan fingerprint density at radius 2 is 2.21 bits per heavy atom. The molecule has 0 spiro atoms. The Kier molecular flexibility index (Phi) is 5.74. The van der Waals surface area contributed by atoms with Gasteiger partial charge in [0.25, 0.3) is 0 Å². The van der Waals surface area contributed by atoms with Gasteiger partial charge in [-0.15, -0.1) is 0 Å². The molecule has 0 radical (unpaired) electrons. The lowest BCUT2D eigenvalue weighted by Gasteiger charge is -2.18. The largest absolute Gasteiger partial charge is 0.466 e. The maximum atomic E-state index is 6.22. The first-order valence-electron chi connectivity index (χ1n) is 6.04. The van der Waals surface area contributed by atoms with Crippen LogP contribution in [-0.2, 0) is 0 Å². The molecular formula is C14H14BrClINO. The fraction of sp³-hybridized carbons (Fsp3) is 0.286. The van der Waals surface area contributed by atoms with Gasteiger partial charge < -0.3 is 9.73 Å². The smallest absolute Gasteiger partial charge is 0.139 e. The van der Waals surface area contributed by atoms with E-state index < -0.39 is 0 Å². The Balaban J connectivity index is 2.37. The molecule has 0 bridgehead atoms. The molecule has 0 fully saturated rings. The Bertz CT molecular complexity index is 558. The van der Waals surface area contributed by atoms with Crippen LogP contribution >= 0.6 is 50.1 Å². The van der Waals surface area contributed by atoms with Crippen molar-refractivity contribution < 1.29 is 4.42 Å². The molecule has 19 heavy (non-hydrogen) atoms. The highest BCUT2D eigenvalue weighted by atomic mass is 127. The van der Waals surface area contributed by atoms with Crippen LogP contribution in [-0.4, -0.2) is 6.54 Å². The standard InChI is InChI=1S/C14H14BrClINO/c1-2-6-18-13(14-10(15)5-7-19-14)9-3-4-12(17)11(16)8-9/h3-5,7-8,13,18H,2,6H2,1H3. The van der Waals surface area contributed by atoms with Crippen molar-refractivity contribution in [2.45, 2.75) is 19.4 Å². The average molecular weight is 455 g/mol. The predicted molar refractivity (Wildman–Crippen MR) is 90.7 cm³/mol. The molecule has 1 atom stereocenters. The molecule has 5 heteroatoms. The maximum absolute atomic E-state index is 6.22. The lowest BCUT2D eigenvalue weighted by molar-refractivity contribution is 0.444. The third-order valence-corrected chi connectivity index (χ3v) is 5.01. The average Bonchev–Trinajstić information content (AvgIpc) is 2.80. The van der Waals surface area contributed by atoms with Gasteiger partial charge in [-0.2, -0.15) is 0 Å². The molecule has 1 aromatic heterocycles. The summed E-state index contributed by atoms with van der Waals surface area (Å²) in [5.74, 6) is 0.880. The normalized spacial score (nSPS) is 12.6. The summed E-state index contributed by atoms with van der Waals surface area (Å²) < 4.78 is 7.61. The third kappa shape index (κ3) is 3.74. The second kappa shape index (κ2) is 7.11. The maximum Gasteiger partial charge on any atom is 0.139 e. The van der Waals surface area contributed by atoms with Crippen LogP contribution in [0.4, 0.5) is 0 Å². The molecule has 0 saturated heterocycles. The molecule has 1 unspecified atom stereocenters. The van der Waals surface area contributed by atoms with E-state index in [-0.39, 0.29) is 6.04 Å². The first-order chi connectivity index (χ1) is 9.13. The molecule has 0 aliphatic carbocycles. The van der Waals surface area contributed by atoms with Gasteiger partial charge in [0.05, 0.1) is 21.8 Å². The summed E-state index contributed by atoms with van der Waals surface area (Å²) in [4.78, 5) is 0. The highest BCUT2D eigenvalue weighted by molar-refractivity contribution is 14.1. The number of hydrogen-bond donors (Lipinski definition) is 1. The summed E-state index contributed by atoms with van der Waals surface area (Å²) in [6, 6.07) is 8.01. The monoisotopic (exact) mass is 453 g/mol. The Morgan fingerprint density at radius 1 is 1.42 bits per heavy atom.